The van der Waals surface area contributed by atoms with Gasteiger partial charge in [0, 0.05) is 32.8 Å². The average Bonchev–Trinajstić information content (AvgIpc) is 2.49. The highest BCUT2D eigenvalue weighted by atomic mass is 16.5. The van der Waals surface area contributed by atoms with Gasteiger partial charge in [0.1, 0.15) is 0 Å². The van der Waals surface area contributed by atoms with E-state index in [1.165, 1.54) is 17.5 Å². The van der Waals surface area contributed by atoms with E-state index >= 15 is 0 Å². The molecular weight excluding hydrogens is 248 g/mol. The highest BCUT2D eigenvalue weighted by molar-refractivity contribution is 5.27. The second-order valence-corrected chi connectivity index (χ2v) is 5.27. The molecule has 0 fully saturated rings. The number of ether oxygens (including phenoxy) is 1. The lowest BCUT2D eigenvalue weighted by Crippen LogP contribution is -2.35. The van der Waals surface area contributed by atoms with E-state index in [1.54, 1.807) is 7.11 Å². The summed E-state index contributed by atoms with van der Waals surface area (Å²) in [5.74, 6) is 0. The van der Waals surface area contributed by atoms with E-state index < -0.39 is 0 Å². The zero-order valence-electron chi connectivity index (χ0n) is 13.5. The molecule has 1 aromatic rings. The van der Waals surface area contributed by atoms with Crippen molar-refractivity contribution in [2.75, 3.05) is 26.8 Å². The van der Waals surface area contributed by atoms with Crippen molar-refractivity contribution in [2.45, 2.75) is 46.3 Å². The minimum atomic E-state index is 0.581. The van der Waals surface area contributed by atoms with Crippen LogP contribution in [-0.4, -0.2) is 37.7 Å². The molecule has 0 amide bonds. The van der Waals surface area contributed by atoms with Crippen molar-refractivity contribution in [3.8, 4) is 0 Å². The monoisotopic (exact) mass is 278 g/mol. The van der Waals surface area contributed by atoms with E-state index in [2.05, 4.69) is 55.3 Å². The molecule has 0 heterocycles. The summed E-state index contributed by atoms with van der Waals surface area (Å²) in [7, 11) is 1.77. The summed E-state index contributed by atoms with van der Waals surface area (Å²) in [6.45, 7) is 11.4. The number of nitrogens with zero attached hydrogens (tertiary/aromatic N) is 1. The summed E-state index contributed by atoms with van der Waals surface area (Å²) in [6, 6.07) is 9.31. The van der Waals surface area contributed by atoms with E-state index in [9.17, 15) is 0 Å². The maximum Gasteiger partial charge on any atom is 0.0589 e. The first-order valence-electron chi connectivity index (χ1n) is 7.73. The number of rotatable bonds is 10. The Labute approximate surface area is 124 Å². The van der Waals surface area contributed by atoms with Gasteiger partial charge in [-0.05, 0) is 31.0 Å². The van der Waals surface area contributed by atoms with Crippen LogP contribution in [0.5, 0.6) is 0 Å². The van der Waals surface area contributed by atoms with Gasteiger partial charge in [0.25, 0.3) is 0 Å². The van der Waals surface area contributed by atoms with Crippen molar-refractivity contribution in [1.29, 1.82) is 0 Å². The van der Waals surface area contributed by atoms with Crippen LogP contribution in [0.4, 0.5) is 0 Å². The maximum atomic E-state index is 5.25. The van der Waals surface area contributed by atoms with Crippen molar-refractivity contribution < 1.29 is 4.74 Å². The van der Waals surface area contributed by atoms with Gasteiger partial charge < -0.3 is 10.1 Å². The smallest absolute Gasteiger partial charge is 0.0589 e. The lowest BCUT2D eigenvalue weighted by atomic mass is 10.1. The third-order valence-corrected chi connectivity index (χ3v) is 3.85. The van der Waals surface area contributed by atoms with Crippen LogP contribution >= 0.6 is 0 Å². The van der Waals surface area contributed by atoms with Crippen LogP contribution in [-0.2, 0) is 17.8 Å². The summed E-state index contributed by atoms with van der Waals surface area (Å²) in [5, 5.41) is 3.42. The summed E-state index contributed by atoms with van der Waals surface area (Å²) >= 11 is 0. The molecule has 0 radical (unpaired) electrons. The molecule has 0 aliphatic heterocycles. The van der Waals surface area contributed by atoms with E-state index in [1.807, 2.05) is 0 Å². The van der Waals surface area contributed by atoms with E-state index in [0.717, 1.165) is 32.8 Å². The normalized spacial score (nSPS) is 12.8. The van der Waals surface area contributed by atoms with Crippen molar-refractivity contribution in [2.24, 2.45) is 0 Å². The molecule has 1 N–H and O–H groups in total. The zero-order valence-corrected chi connectivity index (χ0v) is 13.5. The van der Waals surface area contributed by atoms with Gasteiger partial charge in [0.05, 0.1) is 6.61 Å². The van der Waals surface area contributed by atoms with E-state index in [4.69, 9.17) is 4.74 Å². The molecule has 0 aromatic heterocycles. The Morgan fingerprint density at radius 1 is 1.20 bits per heavy atom. The van der Waals surface area contributed by atoms with Crippen LogP contribution in [0.1, 0.15) is 38.3 Å². The second kappa shape index (κ2) is 9.92. The van der Waals surface area contributed by atoms with Crippen LogP contribution in [0.25, 0.3) is 0 Å². The van der Waals surface area contributed by atoms with Gasteiger partial charge in [0.2, 0.25) is 0 Å². The van der Waals surface area contributed by atoms with Crippen LogP contribution in [0, 0.1) is 0 Å². The molecule has 20 heavy (non-hydrogen) atoms. The van der Waals surface area contributed by atoms with Crippen LogP contribution in [0.3, 0.4) is 0 Å². The fourth-order valence-electron chi connectivity index (χ4n) is 2.28. The van der Waals surface area contributed by atoms with Crippen LogP contribution < -0.4 is 5.32 Å². The van der Waals surface area contributed by atoms with Crippen LogP contribution in [0.15, 0.2) is 24.3 Å². The van der Waals surface area contributed by atoms with Crippen molar-refractivity contribution in [3.63, 3.8) is 0 Å². The third kappa shape index (κ3) is 5.61. The first kappa shape index (κ1) is 17.2. The third-order valence-electron chi connectivity index (χ3n) is 3.85. The molecule has 1 rings (SSSR count). The molecule has 0 aliphatic rings. The quantitative estimate of drug-likeness (QED) is 0.712. The second-order valence-electron chi connectivity index (χ2n) is 5.27. The predicted octanol–water partition coefficient (Wildman–Crippen LogP) is 3.04. The number of hydrogen-bond donors (Lipinski definition) is 1. The molecule has 0 saturated heterocycles. The molecule has 3 heteroatoms. The Hall–Kier alpha value is -0.900. The maximum absolute atomic E-state index is 5.25. The average molecular weight is 278 g/mol. The first-order chi connectivity index (χ1) is 9.72. The molecule has 1 aromatic carbocycles. The van der Waals surface area contributed by atoms with Crippen LogP contribution in [0.2, 0.25) is 0 Å². The predicted molar refractivity (Wildman–Crippen MR) is 85.9 cm³/mol. The summed E-state index contributed by atoms with van der Waals surface area (Å²) in [6.07, 6.45) is 1.17. The number of hydrogen-bond acceptors (Lipinski definition) is 3. The van der Waals surface area contributed by atoms with Gasteiger partial charge in [-0.15, -0.1) is 0 Å². The molecule has 0 bridgehead atoms. The number of benzene rings is 1. The standard InChI is InChI=1S/C17H30N2O/c1-5-15(3)19(11-12-20-4)14-17-10-8-7-9-16(17)13-18-6-2/h7-10,15,18H,5-6,11-14H2,1-4H3. The fraction of sp³-hybridized carbons (Fsp3) is 0.647. The first-order valence-corrected chi connectivity index (χ1v) is 7.73. The number of nitrogens with one attached hydrogen (secondary N) is 1. The van der Waals surface area contributed by atoms with Gasteiger partial charge in [-0.2, -0.15) is 0 Å². The Morgan fingerprint density at radius 3 is 2.50 bits per heavy atom. The van der Waals surface area contributed by atoms with E-state index in [0.29, 0.717) is 6.04 Å². The Kier molecular flexibility index (Phi) is 8.51. The Bertz CT molecular complexity index is 368. The van der Waals surface area contributed by atoms with Gasteiger partial charge in [-0.3, -0.25) is 4.90 Å². The molecule has 1 unspecified atom stereocenters. The summed E-state index contributed by atoms with van der Waals surface area (Å²) in [5.41, 5.74) is 2.82. The minimum absolute atomic E-state index is 0.581. The van der Waals surface area contributed by atoms with Crippen molar-refractivity contribution >= 4 is 0 Å². The molecule has 3 nitrogen and oxygen atoms in total. The van der Waals surface area contributed by atoms with Gasteiger partial charge in [-0.25, -0.2) is 0 Å². The van der Waals surface area contributed by atoms with Crippen molar-refractivity contribution in [3.05, 3.63) is 35.4 Å². The molecule has 0 saturated carbocycles. The zero-order chi connectivity index (χ0) is 14.8. The number of methoxy groups -OCH3 is 1. The molecule has 114 valence electrons. The van der Waals surface area contributed by atoms with Gasteiger partial charge in [-0.1, -0.05) is 38.1 Å². The highest BCUT2D eigenvalue weighted by Gasteiger charge is 2.14. The fourth-order valence-corrected chi connectivity index (χ4v) is 2.28. The lowest BCUT2D eigenvalue weighted by molar-refractivity contribution is 0.118. The molecule has 0 spiro atoms. The van der Waals surface area contributed by atoms with E-state index in [-0.39, 0.29) is 0 Å². The Morgan fingerprint density at radius 2 is 1.90 bits per heavy atom. The minimum Gasteiger partial charge on any atom is -0.383 e. The largest absolute Gasteiger partial charge is 0.383 e. The topological polar surface area (TPSA) is 24.5 Å². The molecule has 1 atom stereocenters. The van der Waals surface area contributed by atoms with Crippen molar-refractivity contribution in [1.82, 2.24) is 10.2 Å². The molecular formula is C17H30N2O. The van der Waals surface area contributed by atoms with Gasteiger partial charge in [0.15, 0.2) is 0 Å². The highest BCUT2D eigenvalue weighted by Crippen LogP contribution is 2.15. The SMILES string of the molecule is CCNCc1ccccc1CN(CCOC)C(C)CC. The summed E-state index contributed by atoms with van der Waals surface area (Å²) < 4.78 is 5.25. The lowest BCUT2D eigenvalue weighted by Gasteiger charge is -2.29. The molecule has 0 aliphatic carbocycles. The van der Waals surface area contributed by atoms with Gasteiger partial charge >= 0.3 is 0 Å². The summed E-state index contributed by atoms with van der Waals surface area (Å²) in [4.78, 5) is 2.51. The Balaban J connectivity index is 2.75.